The van der Waals surface area contributed by atoms with E-state index in [1.807, 2.05) is 24.3 Å². The van der Waals surface area contributed by atoms with Gasteiger partial charge < -0.3 is 4.90 Å². The molecule has 3 heteroatoms. The Balaban J connectivity index is 2.06. The Hall–Kier alpha value is -1.64. The summed E-state index contributed by atoms with van der Waals surface area (Å²) in [5.41, 5.74) is 1.65. The molecule has 1 fully saturated rings. The second-order valence-electron chi connectivity index (χ2n) is 5.34. The first kappa shape index (κ1) is 13.8. The fraction of sp³-hybridized carbons (Fsp3) is 0.500. The predicted octanol–water partition coefficient (Wildman–Crippen LogP) is 3.43. The summed E-state index contributed by atoms with van der Waals surface area (Å²) in [6, 6.07) is 7.44. The number of nitrogens with zero attached hydrogens (tertiary/aromatic N) is 1. The molecule has 2 rings (SSSR count). The number of benzene rings is 1. The summed E-state index contributed by atoms with van der Waals surface area (Å²) in [6.45, 7) is 4.98. The third kappa shape index (κ3) is 3.22. The van der Waals surface area contributed by atoms with Gasteiger partial charge in [0, 0.05) is 30.6 Å². The number of anilines is 1. The van der Waals surface area contributed by atoms with E-state index in [0.717, 1.165) is 30.6 Å². The van der Waals surface area contributed by atoms with Crippen molar-refractivity contribution in [3.05, 3.63) is 29.8 Å². The van der Waals surface area contributed by atoms with Crippen molar-refractivity contribution in [2.24, 2.45) is 5.92 Å². The number of carbonyl (C=O) groups excluding carboxylic acids is 2. The molecule has 1 unspecified atom stereocenters. The Morgan fingerprint density at radius 2 is 2.00 bits per heavy atom. The van der Waals surface area contributed by atoms with Gasteiger partial charge in [0.05, 0.1) is 0 Å². The number of rotatable bonds is 5. The van der Waals surface area contributed by atoms with Crippen molar-refractivity contribution in [1.82, 2.24) is 0 Å². The van der Waals surface area contributed by atoms with Crippen molar-refractivity contribution in [3.8, 4) is 0 Å². The van der Waals surface area contributed by atoms with Gasteiger partial charge in [-0.15, -0.1) is 0 Å². The van der Waals surface area contributed by atoms with Gasteiger partial charge in [-0.1, -0.05) is 20.3 Å². The van der Waals surface area contributed by atoms with E-state index in [1.54, 1.807) is 4.90 Å². The van der Waals surface area contributed by atoms with Crippen LogP contribution >= 0.6 is 0 Å². The predicted molar refractivity (Wildman–Crippen MR) is 76.4 cm³/mol. The number of ketones is 1. The molecule has 0 bridgehead atoms. The summed E-state index contributed by atoms with van der Waals surface area (Å²) < 4.78 is 0. The summed E-state index contributed by atoms with van der Waals surface area (Å²) in [6.07, 6.45) is 3.17. The van der Waals surface area contributed by atoms with Crippen LogP contribution in [-0.2, 0) is 4.79 Å². The van der Waals surface area contributed by atoms with Crippen LogP contribution in [-0.4, -0.2) is 18.2 Å². The zero-order chi connectivity index (χ0) is 13.8. The minimum absolute atomic E-state index is 0.179. The zero-order valence-corrected chi connectivity index (χ0v) is 11.7. The average molecular weight is 259 g/mol. The van der Waals surface area contributed by atoms with Crippen LogP contribution in [0.15, 0.2) is 24.3 Å². The maximum atomic E-state index is 12.0. The van der Waals surface area contributed by atoms with Gasteiger partial charge in [0.2, 0.25) is 5.91 Å². The summed E-state index contributed by atoms with van der Waals surface area (Å²) in [4.78, 5) is 25.5. The van der Waals surface area contributed by atoms with Gasteiger partial charge >= 0.3 is 0 Å². The lowest BCUT2D eigenvalue weighted by atomic mass is 9.98. The fourth-order valence-corrected chi connectivity index (χ4v) is 2.33. The molecule has 1 atom stereocenters. The third-order valence-electron chi connectivity index (χ3n) is 3.81. The number of Topliss-reactive ketones (excluding diaryl/α,β-unsaturated/α-hetero) is 1. The molecule has 0 aliphatic carbocycles. The highest BCUT2D eigenvalue weighted by molar-refractivity contribution is 5.98. The lowest BCUT2D eigenvalue weighted by molar-refractivity contribution is -0.117. The number of amides is 1. The lowest BCUT2D eigenvalue weighted by Gasteiger charge is -2.16. The van der Waals surface area contributed by atoms with Crippen LogP contribution in [0, 0.1) is 5.92 Å². The van der Waals surface area contributed by atoms with Crippen LogP contribution in [0.3, 0.4) is 0 Å². The highest BCUT2D eigenvalue weighted by Crippen LogP contribution is 2.22. The van der Waals surface area contributed by atoms with Crippen LogP contribution < -0.4 is 4.90 Å². The number of hydrogen-bond donors (Lipinski definition) is 0. The quantitative estimate of drug-likeness (QED) is 0.760. The average Bonchev–Trinajstić information content (AvgIpc) is 2.85. The molecule has 0 saturated carbocycles. The SMILES string of the molecule is CCC(C)CC(=O)c1ccc(N2CCCC2=O)cc1. The van der Waals surface area contributed by atoms with E-state index in [1.165, 1.54) is 0 Å². The second-order valence-corrected chi connectivity index (χ2v) is 5.34. The van der Waals surface area contributed by atoms with Gasteiger partial charge in [-0.25, -0.2) is 0 Å². The molecule has 19 heavy (non-hydrogen) atoms. The molecule has 1 saturated heterocycles. The van der Waals surface area contributed by atoms with Gasteiger partial charge in [-0.05, 0) is 36.6 Å². The Bertz CT molecular complexity index is 464. The highest BCUT2D eigenvalue weighted by atomic mass is 16.2. The fourth-order valence-electron chi connectivity index (χ4n) is 2.33. The smallest absolute Gasteiger partial charge is 0.227 e. The maximum Gasteiger partial charge on any atom is 0.227 e. The second kappa shape index (κ2) is 6.00. The maximum absolute atomic E-state index is 12.0. The van der Waals surface area contributed by atoms with E-state index >= 15 is 0 Å². The van der Waals surface area contributed by atoms with Crippen molar-refractivity contribution < 1.29 is 9.59 Å². The number of hydrogen-bond acceptors (Lipinski definition) is 2. The van der Waals surface area contributed by atoms with Crippen LogP contribution in [0.1, 0.15) is 49.9 Å². The van der Waals surface area contributed by atoms with Crippen LogP contribution in [0.5, 0.6) is 0 Å². The van der Waals surface area contributed by atoms with E-state index in [4.69, 9.17) is 0 Å². The lowest BCUT2D eigenvalue weighted by Crippen LogP contribution is -2.23. The van der Waals surface area contributed by atoms with Gasteiger partial charge in [-0.2, -0.15) is 0 Å². The summed E-state index contributed by atoms with van der Waals surface area (Å²) in [5, 5.41) is 0. The molecular formula is C16H21NO2. The third-order valence-corrected chi connectivity index (χ3v) is 3.81. The molecule has 1 aliphatic heterocycles. The van der Waals surface area contributed by atoms with E-state index in [9.17, 15) is 9.59 Å². The normalized spacial score (nSPS) is 16.7. The first-order valence-electron chi connectivity index (χ1n) is 7.05. The van der Waals surface area contributed by atoms with Crippen molar-refractivity contribution in [2.75, 3.05) is 11.4 Å². The highest BCUT2D eigenvalue weighted by Gasteiger charge is 2.21. The van der Waals surface area contributed by atoms with Crippen LogP contribution in [0.4, 0.5) is 5.69 Å². The molecule has 1 heterocycles. The summed E-state index contributed by atoms with van der Waals surface area (Å²) in [5.74, 6) is 0.791. The van der Waals surface area contributed by atoms with E-state index in [2.05, 4.69) is 13.8 Å². The van der Waals surface area contributed by atoms with E-state index < -0.39 is 0 Å². The monoisotopic (exact) mass is 259 g/mol. The van der Waals surface area contributed by atoms with Gasteiger partial charge in [-0.3, -0.25) is 9.59 Å². The van der Waals surface area contributed by atoms with Crippen LogP contribution in [0.2, 0.25) is 0 Å². The molecule has 0 aromatic heterocycles. The molecule has 0 radical (unpaired) electrons. The molecule has 1 aromatic rings. The first-order chi connectivity index (χ1) is 9.11. The molecule has 1 aliphatic rings. The summed E-state index contributed by atoms with van der Waals surface area (Å²) >= 11 is 0. The Morgan fingerprint density at radius 3 is 2.53 bits per heavy atom. The minimum Gasteiger partial charge on any atom is -0.312 e. The van der Waals surface area contributed by atoms with Gasteiger partial charge in [0.15, 0.2) is 5.78 Å². The van der Waals surface area contributed by atoms with E-state index in [-0.39, 0.29) is 11.7 Å². The Labute approximate surface area is 114 Å². The summed E-state index contributed by atoms with van der Waals surface area (Å²) in [7, 11) is 0. The van der Waals surface area contributed by atoms with Crippen LogP contribution in [0.25, 0.3) is 0 Å². The molecule has 0 N–H and O–H groups in total. The minimum atomic E-state index is 0.179. The first-order valence-corrected chi connectivity index (χ1v) is 7.05. The van der Waals surface area contributed by atoms with Crippen molar-refractivity contribution in [2.45, 2.75) is 39.5 Å². The molecule has 3 nitrogen and oxygen atoms in total. The number of carbonyl (C=O) groups is 2. The van der Waals surface area contributed by atoms with Crippen molar-refractivity contribution in [3.63, 3.8) is 0 Å². The molecule has 102 valence electrons. The topological polar surface area (TPSA) is 37.4 Å². The van der Waals surface area contributed by atoms with Gasteiger partial charge in [0.1, 0.15) is 0 Å². The van der Waals surface area contributed by atoms with Crippen molar-refractivity contribution >= 4 is 17.4 Å². The molecule has 1 amide bonds. The van der Waals surface area contributed by atoms with Gasteiger partial charge in [0.25, 0.3) is 0 Å². The zero-order valence-electron chi connectivity index (χ0n) is 11.7. The Kier molecular flexibility index (Phi) is 4.35. The molecular weight excluding hydrogens is 238 g/mol. The standard InChI is InChI=1S/C16H21NO2/c1-3-12(2)11-15(18)13-6-8-14(9-7-13)17-10-4-5-16(17)19/h6-9,12H,3-5,10-11H2,1-2H3. The van der Waals surface area contributed by atoms with E-state index in [0.29, 0.717) is 18.8 Å². The Morgan fingerprint density at radius 1 is 1.32 bits per heavy atom. The largest absolute Gasteiger partial charge is 0.312 e. The molecule has 0 spiro atoms. The van der Waals surface area contributed by atoms with Crippen molar-refractivity contribution in [1.29, 1.82) is 0 Å². The molecule has 1 aromatic carbocycles.